The van der Waals surface area contributed by atoms with Crippen molar-refractivity contribution < 1.29 is 13.5 Å². The summed E-state index contributed by atoms with van der Waals surface area (Å²) < 4.78 is 33.2. The van der Waals surface area contributed by atoms with Gasteiger partial charge in [-0.25, -0.2) is 8.78 Å². The average molecular weight is 340 g/mol. The van der Waals surface area contributed by atoms with E-state index in [4.69, 9.17) is 10.5 Å². The van der Waals surface area contributed by atoms with Crippen LogP contribution in [-0.4, -0.2) is 0 Å². The molecule has 3 rings (SSSR count). The van der Waals surface area contributed by atoms with Crippen LogP contribution in [0.2, 0.25) is 0 Å². The summed E-state index contributed by atoms with van der Waals surface area (Å²) in [6, 6.07) is 8.44. The van der Waals surface area contributed by atoms with Crippen LogP contribution in [0.1, 0.15) is 29.7 Å². The fraction of sp³-hybridized carbons (Fsp3) is 0.200. The molecule has 0 saturated heterocycles. The summed E-state index contributed by atoms with van der Waals surface area (Å²) in [5, 5.41) is 0. The molecule has 0 amide bonds. The molecular weight excluding hydrogens is 328 g/mol. The lowest BCUT2D eigenvalue weighted by molar-refractivity contribution is 0.159. The van der Waals surface area contributed by atoms with E-state index in [1.165, 1.54) is 24.3 Å². The Morgan fingerprint density at radius 2 is 1.75 bits per heavy atom. The van der Waals surface area contributed by atoms with Crippen LogP contribution in [0.5, 0.6) is 5.75 Å². The van der Waals surface area contributed by atoms with Crippen molar-refractivity contribution in [3.63, 3.8) is 0 Å². The molecule has 2 unspecified atom stereocenters. The molecule has 0 spiro atoms. The first-order chi connectivity index (χ1) is 9.54. The van der Waals surface area contributed by atoms with Crippen molar-refractivity contribution in [3.05, 3.63) is 63.6 Å². The van der Waals surface area contributed by atoms with Gasteiger partial charge in [0.25, 0.3) is 0 Å². The van der Waals surface area contributed by atoms with E-state index in [2.05, 4.69) is 15.9 Å². The molecule has 1 heterocycles. The summed E-state index contributed by atoms with van der Waals surface area (Å²) in [5.41, 5.74) is 7.55. The zero-order valence-corrected chi connectivity index (χ0v) is 12.0. The summed E-state index contributed by atoms with van der Waals surface area (Å²) in [6.45, 7) is 0. The van der Waals surface area contributed by atoms with Crippen molar-refractivity contribution in [3.8, 4) is 5.75 Å². The van der Waals surface area contributed by atoms with Crippen LogP contribution in [0, 0.1) is 11.6 Å². The predicted molar refractivity (Wildman–Crippen MR) is 75.4 cm³/mol. The number of benzene rings is 2. The Morgan fingerprint density at radius 1 is 1.05 bits per heavy atom. The van der Waals surface area contributed by atoms with Crippen molar-refractivity contribution in [2.24, 2.45) is 5.73 Å². The standard InChI is InChI=1S/C15H12BrF2NO/c16-12-4-2-8(17)5-11(12)15-7-13(19)10-3-1-9(18)6-14(10)20-15/h1-6,13,15H,7,19H2. The number of rotatable bonds is 1. The molecular formula is C15H12BrF2NO. The first kappa shape index (κ1) is 13.5. The molecule has 0 radical (unpaired) electrons. The Balaban J connectivity index is 2.00. The summed E-state index contributed by atoms with van der Waals surface area (Å²) >= 11 is 3.38. The first-order valence-electron chi connectivity index (χ1n) is 6.21. The normalized spacial score (nSPS) is 21.2. The van der Waals surface area contributed by atoms with Crippen molar-refractivity contribution in [2.75, 3.05) is 0 Å². The van der Waals surface area contributed by atoms with Gasteiger partial charge in [0, 0.05) is 34.1 Å². The summed E-state index contributed by atoms with van der Waals surface area (Å²) in [7, 11) is 0. The van der Waals surface area contributed by atoms with Gasteiger partial charge in [-0.3, -0.25) is 0 Å². The van der Waals surface area contributed by atoms with Crippen LogP contribution < -0.4 is 10.5 Å². The van der Waals surface area contributed by atoms with Gasteiger partial charge in [-0.2, -0.15) is 0 Å². The maximum absolute atomic E-state index is 13.4. The monoisotopic (exact) mass is 339 g/mol. The molecule has 0 aliphatic carbocycles. The topological polar surface area (TPSA) is 35.2 Å². The van der Waals surface area contributed by atoms with Gasteiger partial charge in [-0.15, -0.1) is 0 Å². The number of halogens is 3. The minimum Gasteiger partial charge on any atom is -0.485 e. The van der Waals surface area contributed by atoms with Crippen LogP contribution in [0.3, 0.4) is 0 Å². The summed E-state index contributed by atoms with van der Waals surface area (Å²) in [4.78, 5) is 0. The molecule has 0 fully saturated rings. The molecule has 2 atom stereocenters. The van der Waals surface area contributed by atoms with Crippen LogP contribution in [0.15, 0.2) is 40.9 Å². The van der Waals surface area contributed by atoms with E-state index >= 15 is 0 Å². The van der Waals surface area contributed by atoms with E-state index in [0.717, 1.165) is 10.0 Å². The second-order valence-electron chi connectivity index (χ2n) is 4.80. The number of hydrogen-bond acceptors (Lipinski definition) is 2. The molecule has 2 N–H and O–H groups in total. The third kappa shape index (κ3) is 2.43. The minimum absolute atomic E-state index is 0.264. The molecule has 5 heteroatoms. The van der Waals surface area contributed by atoms with E-state index in [1.807, 2.05) is 0 Å². The van der Waals surface area contributed by atoms with Gasteiger partial charge in [-0.05, 0) is 24.3 Å². The lowest BCUT2D eigenvalue weighted by atomic mass is 9.93. The highest BCUT2D eigenvalue weighted by Crippen LogP contribution is 2.41. The third-order valence-corrected chi connectivity index (χ3v) is 4.14. The fourth-order valence-electron chi connectivity index (χ4n) is 2.43. The lowest BCUT2D eigenvalue weighted by Gasteiger charge is -2.31. The highest BCUT2D eigenvalue weighted by atomic mass is 79.9. The lowest BCUT2D eigenvalue weighted by Crippen LogP contribution is -2.24. The second kappa shape index (κ2) is 5.14. The summed E-state index contributed by atoms with van der Waals surface area (Å²) in [6.07, 6.45) is 0.116. The molecule has 1 aliphatic heterocycles. The van der Waals surface area contributed by atoms with Gasteiger partial charge in [0.2, 0.25) is 0 Å². The second-order valence-corrected chi connectivity index (χ2v) is 5.65. The first-order valence-corrected chi connectivity index (χ1v) is 7.00. The Bertz CT molecular complexity index is 662. The van der Waals surface area contributed by atoms with E-state index in [-0.39, 0.29) is 17.7 Å². The molecule has 2 aromatic carbocycles. The smallest absolute Gasteiger partial charge is 0.127 e. The Kier molecular flexibility index (Phi) is 3.48. The van der Waals surface area contributed by atoms with Crippen molar-refractivity contribution >= 4 is 15.9 Å². The van der Waals surface area contributed by atoms with Crippen LogP contribution >= 0.6 is 15.9 Å². The highest BCUT2D eigenvalue weighted by molar-refractivity contribution is 9.10. The molecule has 0 aromatic heterocycles. The maximum atomic E-state index is 13.4. The molecule has 2 aromatic rings. The van der Waals surface area contributed by atoms with Crippen molar-refractivity contribution in [2.45, 2.75) is 18.6 Å². The molecule has 0 bridgehead atoms. The van der Waals surface area contributed by atoms with Crippen LogP contribution in [0.4, 0.5) is 8.78 Å². The number of hydrogen-bond donors (Lipinski definition) is 1. The number of ether oxygens (including phenoxy) is 1. The van der Waals surface area contributed by atoms with Crippen molar-refractivity contribution in [1.29, 1.82) is 0 Å². The fourth-order valence-corrected chi connectivity index (χ4v) is 2.93. The summed E-state index contributed by atoms with van der Waals surface area (Å²) in [5.74, 6) is -0.301. The maximum Gasteiger partial charge on any atom is 0.127 e. The Labute approximate surface area is 123 Å². The third-order valence-electron chi connectivity index (χ3n) is 3.42. The molecule has 20 heavy (non-hydrogen) atoms. The predicted octanol–water partition coefficient (Wildman–Crippen LogP) is 4.25. The van der Waals surface area contributed by atoms with E-state index in [1.54, 1.807) is 12.1 Å². The van der Waals surface area contributed by atoms with Crippen LogP contribution in [-0.2, 0) is 0 Å². The van der Waals surface area contributed by atoms with Gasteiger partial charge in [-0.1, -0.05) is 22.0 Å². The van der Waals surface area contributed by atoms with Gasteiger partial charge in [0.1, 0.15) is 23.5 Å². The minimum atomic E-state index is -0.399. The van der Waals surface area contributed by atoms with Crippen LogP contribution in [0.25, 0.3) is 0 Å². The zero-order chi connectivity index (χ0) is 14.3. The Morgan fingerprint density at radius 3 is 2.55 bits per heavy atom. The molecule has 104 valence electrons. The van der Waals surface area contributed by atoms with Crippen molar-refractivity contribution in [1.82, 2.24) is 0 Å². The van der Waals surface area contributed by atoms with E-state index in [0.29, 0.717) is 17.7 Å². The number of nitrogens with two attached hydrogens (primary N) is 1. The average Bonchev–Trinajstić information content (AvgIpc) is 2.41. The van der Waals surface area contributed by atoms with Gasteiger partial charge in [0.15, 0.2) is 0 Å². The SMILES string of the molecule is NC1CC(c2cc(F)ccc2Br)Oc2cc(F)ccc21. The highest BCUT2D eigenvalue weighted by Gasteiger charge is 2.28. The largest absolute Gasteiger partial charge is 0.485 e. The Hall–Kier alpha value is -1.46. The van der Waals surface area contributed by atoms with E-state index < -0.39 is 6.10 Å². The van der Waals surface area contributed by atoms with Gasteiger partial charge in [0.05, 0.1) is 0 Å². The number of fused-ring (bicyclic) bond motifs is 1. The quantitative estimate of drug-likeness (QED) is 0.842. The van der Waals surface area contributed by atoms with Gasteiger partial charge < -0.3 is 10.5 Å². The molecule has 2 nitrogen and oxygen atoms in total. The van der Waals surface area contributed by atoms with E-state index in [9.17, 15) is 8.78 Å². The van der Waals surface area contributed by atoms with Gasteiger partial charge >= 0.3 is 0 Å². The molecule has 0 saturated carbocycles. The zero-order valence-electron chi connectivity index (χ0n) is 10.4. The molecule has 1 aliphatic rings.